The fourth-order valence-electron chi connectivity index (χ4n) is 2.77. The first-order valence-corrected chi connectivity index (χ1v) is 7.25. The van der Waals surface area contributed by atoms with Crippen molar-refractivity contribution >= 4 is 11.8 Å². The number of hydrogen-bond donors (Lipinski definition) is 2. The number of nitrogens with zero attached hydrogens (tertiary/aromatic N) is 2. The SMILES string of the molecule is CNCC1CCCN1CC(=O)Nc1oc(C)c(C)c1C#N. The molecule has 1 aromatic heterocycles. The van der Waals surface area contributed by atoms with E-state index >= 15 is 0 Å². The van der Waals surface area contributed by atoms with Crippen molar-refractivity contribution in [1.29, 1.82) is 5.26 Å². The Morgan fingerprint density at radius 1 is 1.52 bits per heavy atom. The molecule has 0 aromatic carbocycles. The molecule has 6 nitrogen and oxygen atoms in total. The second kappa shape index (κ2) is 6.74. The van der Waals surface area contributed by atoms with Gasteiger partial charge >= 0.3 is 0 Å². The van der Waals surface area contributed by atoms with Crippen LogP contribution >= 0.6 is 0 Å². The number of carbonyl (C=O) groups excluding carboxylic acids is 1. The molecule has 114 valence electrons. The van der Waals surface area contributed by atoms with Gasteiger partial charge in [0.25, 0.3) is 0 Å². The van der Waals surface area contributed by atoms with E-state index in [-0.39, 0.29) is 11.8 Å². The van der Waals surface area contributed by atoms with Crippen LogP contribution in [0.25, 0.3) is 0 Å². The molecule has 6 heteroatoms. The molecule has 1 atom stereocenters. The van der Waals surface area contributed by atoms with Gasteiger partial charge in [0.1, 0.15) is 17.4 Å². The molecule has 21 heavy (non-hydrogen) atoms. The molecule has 0 radical (unpaired) electrons. The molecule has 1 aliphatic heterocycles. The van der Waals surface area contributed by atoms with Crippen molar-refractivity contribution < 1.29 is 9.21 Å². The Hall–Kier alpha value is -1.84. The Kier molecular flexibility index (Phi) is 4.99. The molecule has 0 bridgehead atoms. The third-order valence-corrected chi connectivity index (χ3v) is 4.04. The van der Waals surface area contributed by atoms with Crippen LogP contribution in [0.15, 0.2) is 4.42 Å². The maximum Gasteiger partial charge on any atom is 0.240 e. The van der Waals surface area contributed by atoms with Crippen LogP contribution in [0, 0.1) is 25.2 Å². The third kappa shape index (κ3) is 3.43. The number of nitrogens with one attached hydrogen (secondary N) is 2. The predicted molar refractivity (Wildman–Crippen MR) is 80.0 cm³/mol. The molecule has 1 aromatic rings. The van der Waals surface area contributed by atoms with Crippen molar-refractivity contribution in [2.45, 2.75) is 32.7 Å². The van der Waals surface area contributed by atoms with Gasteiger partial charge in [-0.25, -0.2) is 0 Å². The van der Waals surface area contributed by atoms with Gasteiger partial charge in [-0.2, -0.15) is 5.26 Å². The molecule has 2 heterocycles. The van der Waals surface area contributed by atoms with E-state index < -0.39 is 0 Å². The smallest absolute Gasteiger partial charge is 0.240 e. The summed E-state index contributed by atoms with van der Waals surface area (Å²) < 4.78 is 5.46. The number of likely N-dealkylation sites (N-methyl/N-ethyl adjacent to an activating group) is 1. The number of likely N-dealkylation sites (tertiary alicyclic amines) is 1. The van der Waals surface area contributed by atoms with Gasteiger partial charge in [0.05, 0.1) is 6.54 Å². The molecule has 0 spiro atoms. The number of amides is 1. The van der Waals surface area contributed by atoms with E-state index in [4.69, 9.17) is 9.68 Å². The number of furan rings is 1. The average molecular weight is 290 g/mol. The summed E-state index contributed by atoms with van der Waals surface area (Å²) in [7, 11) is 1.92. The van der Waals surface area contributed by atoms with E-state index in [0.29, 0.717) is 23.9 Å². The second-order valence-electron chi connectivity index (χ2n) is 5.47. The van der Waals surface area contributed by atoms with Crippen molar-refractivity contribution in [3.63, 3.8) is 0 Å². The van der Waals surface area contributed by atoms with Crippen LogP contribution in [0.5, 0.6) is 0 Å². The molecule has 1 fully saturated rings. The van der Waals surface area contributed by atoms with E-state index in [2.05, 4.69) is 21.6 Å². The van der Waals surface area contributed by atoms with E-state index in [1.54, 1.807) is 6.92 Å². The topological polar surface area (TPSA) is 81.3 Å². The second-order valence-corrected chi connectivity index (χ2v) is 5.47. The molecular formula is C15H22N4O2. The Morgan fingerprint density at radius 3 is 2.95 bits per heavy atom. The predicted octanol–water partition coefficient (Wildman–Crippen LogP) is 1.39. The summed E-state index contributed by atoms with van der Waals surface area (Å²) in [5, 5.41) is 15.0. The Bertz CT molecular complexity index is 559. The van der Waals surface area contributed by atoms with Crippen LogP contribution in [0.4, 0.5) is 5.88 Å². The Balaban J connectivity index is 1.99. The summed E-state index contributed by atoms with van der Waals surface area (Å²) in [4.78, 5) is 14.3. The van der Waals surface area contributed by atoms with Crippen molar-refractivity contribution in [1.82, 2.24) is 10.2 Å². The molecule has 1 saturated heterocycles. The van der Waals surface area contributed by atoms with Gasteiger partial charge in [-0.15, -0.1) is 0 Å². The largest absolute Gasteiger partial charge is 0.444 e. The van der Waals surface area contributed by atoms with Gasteiger partial charge in [0.2, 0.25) is 11.8 Å². The maximum absolute atomic E-state index is 12.2. The number of carbonyl (C=O) groups is 1. The average Bonchev–Trinajstić information content (AvgIpc) is 2.96. The standard InChI is InChI=1S/C15H22N4O2/c1-10-11(2)21-15(13(10)7-16)18-14(20)9-19-6-4-5-12(19)8-17-3/h12,17H,4-6,8-9H2,1-3H3,(H,18,20). The normalized spacial score (nSPS) is 18.7. The monoisotopic (exact) mass is 290 g/mol. The van der Waals surface area contributed by atoms with Gasteiger partial charge in [0, 0.05) is 18.2 Å². The summed E-state index contributed by atoms with van der Waals surface area (Å²) in [6, 6.07) is 2.48. The minimum absolute atomic E-state index is 0.136. The molecule has 0 aliphatic carbocycles. The first-order chi connectivity index (χ1) is 10.1. The summed E-state index contributed by atoms with van der Waals surface area (Å²) >= 11 is 0. The van der Waals surface area contributed by atoms with E-state index in [0.717, 1.165) is 31.5 Å². The lowest BCUT2D eigenvalue weighted by Gasteiger charge is -2.23. The highest BCUT2D eigenvalue weighted by atomic mass is 16.4. The lowest BCUT2D eigenvalue weighted by atomic mass is 10.2. The molecule has 1 unspecified atom stereocenters. The van der Waals surface area contributed by atoms with Crippen LogP contribution < -0.4 is 10.6 Å². The summed E-state index contributed by atoms with van der Waals surface area (Å²) in [6.45, 7) is 5.75. The van der Waals surface area contributed by atoms with E-state index in [9.17, 15) is 4.79 Å². The van der Waals surface area contributed by atoms with Gasteiger partial charge < -0.3 is 9.73 Å². The molecule has 1 amide bonds. The van der Waals surface area contributed by atoms with Gasteiger partial charge in [0.15, 0.2) is 0 Å². The van der Waals surface area contributed by atoms with Crippen LogP contribution in [0.2, 0.25) is 0 Å². The van der Waals surface area contributed by atoms with E-state index in [1.807, 2.05) is 14.0 Å². The zero-order valence-corrected chi connectivity index (χ0v) is 12.8. The zero-order valence-electron chi connectivity index (χ0n) is 12.8. The fourth-order valence-corrected chi connectivity index (χ4v) is 2.77. The van der Waals surface area contributed by atoms with Crippen molar-refractivity contribution in [3.05, 3.63) is 16.9 Å². The maximum atomic E-state index is 12.2. The molecule has 0 saturated carbocycles. The Labute approximate surface area is 125 Å². The minimum atomic E-state index is -0.136. The number of rotatable bonds is 5. The van der Waals surface area contributed by atoms with Gasteiger partial charge in [-0.3, -0.25) is 15.0 Å². The molecule has 1 aliphatic rings. The number of anilines is 1. The first kappa shape index (κ1) is 15.5. The van der Waals surface area contributed by atoms with Crippen molar-refractivity contribution in [2.75, 3.05) is 32.0 Å². The first-order valence-electron chi connectivity index (χ1n) is 7.25. The zero-order chi connectivity index (χ0) is 15.4. The minimum Gasteiger partial charge on any atom is -0.444 e. The lowest BCUT2D eigenvalue weighted by Crippen LogP contribution is -2.41. The van der Waals surface area contributed by atoms with Crippen LogP contribution in [0.3, 0.4) is 0 Å². The molecular weight excluding hydrogens is 268 g/mol. The molecule has 2 N–H and O–H groups in total. The van der Waals surface area contributed by atoms with Crippen molar-refractivity contribution in [3.8, 4) is 6.07 Å². The third-order valence-electron chi connectivity index (χ3n) is 4.04. The highest BCUT2D eigenvalue weighted by molar-refractivity contribution is 5.92. The van der Waals surface area contributed by atoms with Gasteiger partial charge in [-0.05, 0) is 40.3 Å². The van der Waals surface area contributed by atoms with Crippen molar-refractivity contribution in [2.24, 2.45) is 0 Å². The van der Waals surface area contributed by atoms with Gasteiger partial charge in [-0.1, -0.05) is 0 Å². The highest BCUT2D eigenvalue weighted by Gasteiger charge is 2.26. The lowest BCUT2D eigenvalue weighted by molar-refractivity contribution is -0.117. The Morgan fingerprint density at radius 2 is 2.29 bits per heavy atom. The summed E-state index contributed by atoms with van der Waals surface area (Å²) in [6.07, 6.45) is 2.22. The number of hydrogen-bond acceptors (Lipinski definition) is 5. The summed E-state index contributed by atoms with van der Waals surface area (Å²) in [5.41, 5.74) is 1.19. The molecule has 2 rings (SSSR count). The quantitative estimate of drug-likeness (QED) is 0.856. The number of aryl methyl sites for hydroxylation is 1. The highest BCUT2D eigenvalue weighted by Crippen LogP contribution is 2.25. The van der Waals surface area contributed by atoms with Crippen LogP contribution in [-0.4, -0.2) is 43.5 Å². The van der Waals surface area contributed by atoms with E-state index in [1.165, 1.54) is 0 Å². The van der Waals surface area contributed by atoms with Crippen LogP contribution in [-0.2, 0) is 4.79 Å². The fraction of sp³-hybridized carbons (Fsp3) is 0.600. The summed E-state index contributed by atoms with van der Waals surface area (Å²) in [5.74, 6) is 0.793. The van der Waals surface area contributed by atoms with Crippen LogP contribution in [0.1, 0.15) is 29.7 Å². The number of nitriles is 1.